The number of halogens is 3. The number of alkyl halides is 1. The molecule has 2 aromatic rings. The fourth-order valence-electron chi connectivity index (χ4n) is 2.10. The largest absolute Gasteiger partial charge is 0.380 e. The minimum Gasteiger partial charge on any atom is -0.380 e. The summed E-state index contributed by atoms with van der Waals surface area (Å²) < 4.78 is 0. The average Bonchev–Trinajstić information content (AvgIpc) is 2.42. The molecule has 0 amide bonds. The van der Waals surface area contributed by atoms with Crippen molar-refractivity contribution in [2.45, 2.75) is 12.0 Å². The van der Waals surface area contributed by atoms with Crippen molar-refractivity contribution in [2.75, 3.05) is 5.88 Å². The van der Waals surface area contributed by atoms with Crippen LogP contribution in [0, 0.1) is 0 Å². The highest BCUT2D eigenvalue weighted by Crippen LogP contribution is 2.38. The minimum atomic E-state index is -1.23. The number of rotatable bonds is 4. The molecule has 2 rings (SSSR count). The second kappa shape index (κ2) is 6.15. The maximum atomic E-state index is 11.0. The highest BCUT2D eigenvalue weighted by molar-refractivity contribution is 6.33. The topological polar surface area (TPSA) is 20.2 Å². The molecule has 2 aromatic carbocycles. The van der Waals surface area contributed by atoms with Crippen molar-refractivity contribution in [3.8, 4) is 0 Å². The van der Waals surface area contributed by atoms with E-state index >= 15 is 0 Å². The van der Waals surface area contributed by atoms with Gasteiger partial charge < -0.3 is 5.11 Å². The zero-order valence-electron chi connectivity index (χ0n) is 10.1. The number of hydrogen-bond donors (Lipinski definition) is 1. The first-order valence-electron chi connectivity index (χ1n) is 5.87. The molecule has 1 atom stereocenters. The molecule has 0 aliphatic carbocycles. The van der Waals surface area contributed by atoms with Gasteiger partial charge >= 0.3 is 0 Å². The van der Waals surface area contributed by atoms with Gasteiger partial charge in [0.25, 0.3) is 0 Å². The van der Waals surface area contributed by atoms with Gasteiger partial charge in [0, 0.05) is 21.5 Å². The van der Waals surface area contributed by atoms with Crippen LogP contribution in [0.4, 0.5) is 0 Å². The standard InChI is InChI=1S/C15H13Cl3O/c16-9-8-15(19,11-4-2-1-3-5-11)13-10-12(17)6-7-14(13)18/h1-7,10,19H,8-9H2. The molecule has 1 N–H and O–H groups in total. The summed E-state index contributed by atoms with van der Waals surface area (Å²) in [4.78, 5) is 0. The van der Waals surface area contributed by atoms with Crippen LogP contribution in [0.15, 0.2) is 48.5 Å². The Bertz CT molecular complexity index is 557. The van der Waals surface area contributed by atoms with Crippen molar-refractivity contribution >= 4 is 34.8 Å². The second-order valence-corrected chi connectivity index (χ2v) is 5.51. The lowest BCUT2D eigenvalue weighted by molar-refractivity contribution is 0.0776. The van der Waals surface area contributed by atoms with Gasteiger partial charge in [0.2, 0.25) is 0 Å². The Morgan fingerprint density at radius 2 is 1.68 bits per heavy atom. The van der Waals surface area contributed by atoms with Crippen LogP contribution in [0.5, 0.6) is 0 Å². The lowest BCUT2D eigenvalue weighted by atomic mass is 9.84. The summed E-state index contributed by atoms with van der Waals surface area (Å²) >= 11 is 18.1. The van der Waals surface area contributed by atoms with E-state index in [0.29, 0.717) is 27.9 Å². The quantitative estimate of drug-likeness (QED) is 0.799. The molecule has 0 aromatic heterocycles. The molecule has 100 valence electrons. The molecule has 1 nitrogen and oxygen atoms in total. The fraction of sp³-hybridized carbons (Fsp3) is 0.200. The Morgan fingerprint density at radius 1 is 1.00 bits per heavy atom. The summed E-state index contributed by atoms with van der Waals surface area (Å²) in [5.41, 5.74) is 0.0960. The monoisotopic (exact) mass is 314 g/mol. The van der Waals surface area contributed by atoms with Gasteiger partial charge in [0.05, 0.1) is 0 Å². The molecular weight excluding hydrogens is 303 g/mol. The van der Waals surface area contributed by atoms with E-state index in [9.17, 15) is 5.11 Å². The van der Waals surface area contributed by atoms with E-state index in [1.54, 1.807) is 18.2 Å². The van der Waals surface area contributed by atoms with Gasteiger partial charge in [-0.15, -0.1) is 11.6 Å². The molecule has 0 spiro atoms. The van der Waals surface area contributed by atoms with Crippen LogP contribution >= 0.6 is 34.8 Å². The molecule has 19 heavy (non-hydrogen) atoms. The highest BCUT2D eigenvalue weighted by atomic mass is 35.5. The van der Waals surface area contributed by atoms with Gasteiger partial charge in [0.15, 0.2) is 0 Å². The minimum absolute atomic E-state index is 0.314. The smallest absolute Gasteiger partial charge is 0.117 e. The van der Waals surface area contributed by atoms with Crippen molar-refractivity contribution in [3.05, 3.63) is 69.7 Å². The van der Waals surface area contributed by atoms with Crippen molar-refractivity contribution in [1.29, 1.82) is 0 Å². The van der Waals surface area contributed by atoms with Crippen LogP contribution < -0.4 is 0 Å². The Balaban J connectivity index is 2.59. The molecule has 0 fully saturated rings. The molecule has 1 unspecified atom stereocenters. The van der Waals surface area contributed by atoms with E-state index in [1.807, 2.05) is 30.3 Å². The number of hydrogen-bond acceptors (Lipinski definition) is 1. The summed E-state index contributed by atoms with van der Waals surface area (Å²) in [5.74, 6) is 0.314. The van der Waals surface area contributed by atoms with Crippen LogP contribution in [-0.2, 0) is 5.60 Å². The maximum Gasteiger partial charge on any atom is 0.117 e. The molecule has 0 heterocycles. The van der Waals surface area contributed by atoms with Gasteiger partial charge in [-0.25, -0.2) is 0 Å². The highest BCUT2D eigenvalue weighted by Gasteiger charge is 2.33. The van der Waals surface area contributed by atoms with Gasteiger partial charge in [0.1, 0.15) is 5.60 Å². The van der Waals surface area contributed by atoms with E-state index in [2.05, 4.69) is 0 Å². The first-order chi connectivity index (χ1) is 9.08. The third-order valence-corrected chi connectivity index (χ3v) is 3.84. The molecule has 0 bridgehead atoms. The number of benzene rings is 2. The van der Waals surface area contributed by atoms with E-state index < -0.39 is 5.60 Å². The lowest BCUT2D eigenvalue weighted by Crippen LogP contribution is -2.28. The maximum absolute atomic E-state index is 11.0. The predicted molar refractivity (Wildman–Crippen MR) is 81.2 cm³/mol. The fourth-order valence-corrected chi connectivity index (χ4v) is 2.82. The summed E-state index contributed by atoms with van der Waals surface area (Å²) in [6.45, 7) is 0. The Hall–Kier alpha value is -0.730. The third kappa shape index (κ3) is 3.06. The molecule has 0 aliphatic heterocycles. The SMILES string of the molecule is OC(CCCl)(c1ccccc1)c1cc(Cl)ccc1Cl. The van der Waals surface area contributed by atoms with E-state index in [4.69, 9.17) is 34.8 Å². The predicted octanol–water partition coefficient (Wildman–Crippen LogP) is 4.86. The van der Waals surface area contributed by atoms with Gasteiger partial charge in [-0.1, -0.05) is 53.5 Å². The third-order valence-electron chi connectivity index (χ3n) is 3.08. The van der Waals surface area contributed by atoms with E-state index in [0.717, 1.165) is 5.56 Å². The van der Waals surface area contributed by atoms with Gasteiger partial charge in [-0.2, -0.15) is 0 Å². The van der Waals surface area contributed by atoms with E-state index in [1.165, 1.54) is 0 Å². The van der Waals surface area contributed by atoms with Crippen molar-refractivity contribution in [1.82, 2.24) is 0 Å². The lowest BCUT2D eigenvalue weighted by Gasteiger charge is -2.29. The first-order valence-corrected chi connectivity index (χ1v) is 7.16. The van der Waals surface area contributed by atoms with Gasteiger partial charge in [-0.3, -0.25) is 0 Å². The Kier molecular flexibility index (Phi) is 4.75. The van der Waals surface area contributed by atoms with Gasteiger partial charge in [-0.05, 0) is 30.2 Å². The van der Waals surface area contributed by atoms with Crippen LogP contribution in [0.1, 0.15) is 17.5 Å². The molecule has 0 saturated heterocycles. The summed E-state index contributed by atoms with van der Waals surface area (Å²) in [6, 6.07) is 14.4. The summed E-state index contributed by atoms with van der Waals surface area (Å²) in [7, 11) is 0. The molecular formula is C15H13Cl3O. The van der Waals surface area contributed by atoms with Crippen LogP contribution in [0.3, 0.4) is 0 Å². The summed E-state index contributed by atoms with van der Waals surface area (Å²) in [6.07, 6.45) is 0.360. The van der Waals surface area contributed by atoms with Crippen LogP contribution in [0.2, 0.25) is 10.0 Å². The normalized spacial score (nSPS) is 14.1. The van der Waals surface area contributed by atoms with Crippen molar-refractivity contribution in [2.24, 2.45) is 0 Å². The zero-order chi connectivity index (χ0) is 13.9. The average molecular weight is 316 g/mol. The molecule has 4 heteroatoms. The van der Waals surface area contributed by atoms with Crippen LogP contribution in [0.25, 0.3) is 0 Å². The van der Waals surface area contributed by atoms with Crippen molar-refractivity contribution < 1.29 is 5.11 Å². The first kappa shape index (κ1) is 14.7. The second-order valence-electron chi connectivity index (χ2n) is 4.29. The van der Waals surface area contributed by atoms with Crippen molar-refractivity contribution in [3.63, 3.8) is 0 Å². The Morgan fingerprint density at radius 3 is 2.32 bits per heavy atom. The molecule has 0 radical (unpaired) electrons. The number of aliphatic hydroxyl groups is 1. The molecule has 0 saturated carbocycles. The zero-order valence-corrected chi connectivity index (χ0v) is 12.4. The molecule has 0 aliphatic rings. The van der Waals surface area contributed by atoms with E-state index in [-0.39, 0.29) is 0 Å². The summed E-state index contributed by atoms with van der Waals surface area (Å²) in [5, 5.41) is 12.0. The van der Waals surface area contributed by atoms with Crippen LogP contribution in [-0.4, -0.2) is 11.0 Å². The Labute approximate surface area is 127 Å².